The number of pyridine rings is 1. The van der Waals surface area contributed by atoms with Crippen LogP contribution in [0.5, 0.6) is 0 Å². The third-order valence-electron chi connectivity index (χ3n) is 6.89. The third-order valence-corrected chi connectivity index (χ3v) is 8.61. The van der Waals surface area contributed by atoms with Gasteiger partial charge in [0.05, 0.1) is 46.0 Å². The minimum Gasteiger partial charge on any atom is -0.360 e. The zero-order valence-corrected chi connectivity index (χ0v) is 22.7. The van der Waals surface area contributed by atoms with Gasteiger partial charge in [-0.1, -0.05) is 13.8 Å². The molecule has 38 heavy (non-hydrogen) atoms. The van der Waals surface area contributed by atoms with E-state index >= 15 is 0 Å². The van der Waals surface area contributed by atoms with Crippen molar-refractivity contribution < 1.29 is 9.84 Å². The van der Waals surface area contributed by atoms with Gasteiger partial charge in [0.1, 0.15) is 11.8 Å². The van der Waals surface area contributed by atoms with E-state index in [2.05, 4.69) is 30.2 Å². The molecule has 0 spiro atoms. The number of anilines is 1. The number of fused-ring (bicyclic) bond motifs is 1. The smallest absolute Gasteiger partial charge is 0.295 e. The maximum Gasteiger partial charge on any atom is 0.295 e. The normalized spacial score (nSPS) is 14.5. The van der Waals surface area contributed by atoms with Crippen LogP contribution < -0.4 is 10.9 Å². The highest BCUT2D eigenvalue weighted by Gasteiger charge is 2.30. The lowest BCUT2D eigenvalue weighted by molar-refractivity contribution is 0.526. The summed E-state index contributed by atoms with van der Waals surface area (Å²) in [7, 11) is -3.33. The van der Waals surface area contributed by atoms with Gasteiger partial charge in [0.15, 0.2) is 27.1 Å². The second-order valence-corrected chi connectivity index (χ2v) is 11.8. The van der Waals surface area contributed by atoms with Crippen LogP contribution in [0.25, 0.3) is 22.6 Å². The first-order chi connectivity index (χ1) is 18.2. The summed E-state index contributed by atoms with van der Waals surface area (Å²) in [6.45, 7) is 7.68. The summed E-state index contributed by atoms with van der Waals surface area (Å²) < 4.78 is 25.7. The van der Waals surface area contributed by atoms with Gasteiger partial charge in [-0.15, -0.1) is 0 Å². The van der Waals surface area contributed by atoms with Crippen LogP contribution >= 0.6 is 0 Å². The fraction of sp³-hybridized carbons (Fsp3) is 0.423. The molecule has 0 amide bonds. The molecule has 4 aromatic rings. The molecule has 0 bridgehead atoms. The van der Waals surface area contributed by atoms with E-state index in [0.717, 1.165) is 29.8 Å². The molecule has 0 aromatic carbocycles. The molecule has 0 unspecified atom stereocenters. The van der Waals surface area contributed by atoms with Gasteiger partial charge in [-0.05, 0) is 45.2 Å². The van der Waals surface area contributed by atoms with E-state index in [1.54, 1.807) is 30.1 Å². The van der Waals surface area contributed by atoms with Crippen molar-refractivity contribution in [2.24, 2.45) is 0 Å². The number of hydrogen-bond donors (Lipinski definition) is 1. The standard InChI is InChI=1S/C26H30N8O3S.H2/c1-5-15(3)34-25-20(13-29-23(33-25)21-16(4)30-14-31-22(21)17-7-8-17)32-24(26(34)35)28-11-18-9-10-19(12-27-18)38(36,37)6-2;/h9-10,12-15,17H,5-8,11H2,1-4H3,(H,28,32);1H/t15-;/m1./s1. The van der Waals surface area contributed by atoms with Crippen molar-refractivity contribution in [3.05, 3.63) is 58.3 Å². The van der Waals surface area contributed by atoms with Crippen LogP contribution in [0.15, 0.2) is 40.5 Å². The molecule has 200 valence electrons. The number of sulfone groups is 1. The first-order valence-corrected chi connectivity index (χ1v) is 14.4. The Labute approximate surface area is 222 Å². The minimum absolute atomic E-state index is 0. The molecular weight excluding hydrogens is 504 g/mol. The van der Waals surface area contributed by atoms with E-state index in [-0.39, 0.29) is 36.0 Å². The van der Waals surface area contributed by atoms with Gasteiger partial charge in [0.25, 0.3) is 5.56 Å². The molecule has 1 fully saturated rings. The van der Waals surface area contributed by atoms with Crippen molar-refractivity contribution in [1.29, 1.82) is 0 Å². The third kappa shape index (κ3) is 4.87. The van der Waals surface area contributed by atoms with Gasteiger partial charge in [0, 0.05) is 19.6 Å². The van der Waals surface area contributed by atoms with Crippen molar-refractivity contribution in [3.8, 4) is 11.4 Å². The quantitative estimate of drug-likeness (QED) is 0.335. The number of hydrogen-bond acceptors (Lipinski definition) is 10. The van der Waals surface area contributed by atoms with Gasteiger partial charge in [-0.2, -0.15) is 0 Å². The molecule has 0 aliphatic heterocycles. The summed E-state index contributed by atoms with van der Waals surface area (Å²) in [5.74, 6) is 1.03. The largest absolute Gasteiger partial charge is 0.360 e. The van der Waals surface area contributed by atoms with E-state index in [9.17, 15) is 13.2 Å². The lowest BCUT2D eigenvalue weighted by atomic mass is 10.1. The van der Waals surface area contributed by atoms with Crippen molar-refractivity contribution >= 4 is 26.8 Å². The van der Waals surface area contributed by atoms with Crippen molar-refractivity contribution in [3.63, 3.8) is 0 Å². The van der Waals surface area contributed by atoms with E-state index in [0.29, 0.717) is 35.0 Å². The van der Waals surface area contributed by atoms with Gasteiger partial charge in [0.2, 0.25) is 0 Å². The average molecular weight is 537 g/mol. The topological polar surface area (TPSA) is 146 Å². The summed E-state index contributed by atoms with van der Waals surface area (Å²) in [5, 5.41) is 3.07. The van der Waals surface area contributed by atoms with Gasteiger partial charge in [-0.25, -0.2) is 33.3 Å². The van der Waals surface area contributed by atoms with Gasteiger partial charge < -0.3 is 5.32 Å². The van der Waals surface area contributed by atoms with Crippen LogP contribution in [0, 0.1) is 6.92 Å². The molecule has 4 aromatic heterocycles. The number of rotatable bonds is 9. The summed E-state index contributed by atoms with van der Waals surface area (Å²) in [6.07, 6.45) is 7.42. The molecule has 1 saturated carbocycles. The maximum absolute atomic E-state index is 13.6. The first kappa shape index (κ1) is 25.8. The Balaban J connectivity index is 0.00000353. The molecule has 1 aliphatic carbocycles. The fourth-order valence-electron chi connectivity index (χ4n) is 4.30. The summed E-state index contributed by atoms with van der Waals surface area (Å²) in [5.41, 5.74) is 3.79. The lowest BCUT2D eigenvalue weighted by Crippen LogP contribution is -2.28. The number of aryl methyl sites for hydroxylation is 1. The lowest BCUT2D eigenvalue weighted by Gasteiger charge is -2.18. The summed E-state index contributed by atoms with van der Waals surface area (Å²) in [6, 6.07) is 3.01. The molecular formula is C26H32N8O3S. The highest BCUT2D eigenvalue weighted by molar-refractivity contribution is 7.91. The Bertz CT molecular complexity index is 1670. The van der Waals surface area contributed by atoms with Crippen molar-refractivity contribution in [1.82, 2.24) is 34.5 Å². The predicted octanol–water partition coefficient (Wildman–Crippen LogP) is 3.85. The Morgan fingerprint density at radius 2 is 1.89 bits per heavy atom. The summed E-state index contributed by atoms with van der Waals surface area (Å²) >= 11 is 0. The van der Waals surface area contributed by atoms with Crippen LogP contribution in [0.2, 0.25) is 0 Å². The van der Waals surface area contributed by atoms with Crippen LogP contribution in [-0.2, 0) is 16.4 Å². The number of nitrogens with zero attached hydrogens (tertiary/aromatic N) is 7. The molecule has 0 saturated heterocycles. The van der Waals surface area contributed by atoms with Gasteiger partial charge >= 0.3 is 0 Å². The van der Waals surface area contributed by atoms with Crippen LogP contribution in [-0.4, -0.2) is 48.6 Å². The van der Waals surface area contributed by atoms with Crippen molar-refractivity contribution in [2.75, 3.05) is 11.1 Å². The monoisotopic (exact) mass is 536 g/mol. The molecule has 11 nitrogen and oxygen atoms in total. The second-order valence-electron chi connectivity index (χ2n) is 9.53. The Kier molecular flexibility index (Phi) is 6.91. The van der Waals surface area contributed by atoms with Crippen LogP contribution in [0.4, 0.5) is 5.82 Å². The Morgan fingerprint density at radius 3 is 2.55 bits per heavy atom. The molecule has 1 N–H and O–H groups in total. The SMILES string of the molecule is CC[C@@H](C)n1c(=O)c(NCc2ccc(S(=O)(=O)CC)cn2)nc2cnc(-c3c(C)ncnc3C3CC3)nc21.[HH]. The Hall–Kier alpha value is -3.80. The van der Waals surface area contributed by atoms with E-state index in [1.807, 2.05) is 20.8 Å². The maximum atomic E-state index is 13.6. The minimum atomic E-state index is -3.33. The van der Waals surface area contributed by atoms with E-state index in [4.69, 9.17) is 4.98 Å². The molecule has 0 radical (unpaired) electrons. The van der Waals surface area contributed by atoms with Gasteiger partial charge in [-0.3, -0.25) is 14.3 Å². The zero-order valence-electron chi connectivity index (χ0n) is 21.8. The van der Waals surface area contributed by atoms with E-state index in [1.165, 1.54) is 12.3 Å². The highest BCUT2D eigenvalue weighted by Crippen LogP contribution is 2.43. The highest BCUT2D eigenvalue weighted by atomic mass is 32.2. The second kappa shape index (κ2) is 10.2. The van der Waals surface area contributed by atoms with Crippen LogP contribution in [0.1, 0.15) is 70.5 Å². The zero-order chi connectivity index (χ0) is 27.0. The molecule has 5 rings (SSSR count). The molecule has 1 aliphatic rings. The van der Waals surface area contributed by atoms with Crippen LogP contribution in [0.3, 0.4) is 0 Å². The predicted molar refractivity (Wildman–Crippen MR) is 146 cm³/mol. The fourth-order valence-corrected chi connectivity index (χ4v) is 5.13. The van der Waals surface area contributed by atoms with E-state index < -0.39 is 9.84 Å². The molecule has 4 heterocycles. The Morgan fingerprint density at radius 1 is 1.11 bits per heavy atom. The number of nitrogens with one attached hydrogen (secondary N) is 1. The summed E-state index contributed by atoms with van der Waals surface area (Å²) in [4.78, 5) is 40.8. The molecule has 1 atom stereocenters. The number of aromatic nitrogens is 7. The average Bonchev–Trinajstić information content (AvgIpc) is 3.77. The first-order valence-electron chi connectivity index (χ1n) is 12.8. The van der Waals surface area contributed by atoms with Crippen molar-refractivity contribution in [2.45, 2.75) is 70.4 Å². The molecule has 12 heteroatoms.